The molecule has 1 unspecified atom stereocenters. The molecule has 1 aliphatic rings. The molecule has 0 bridgehead atoms. The van der Waals surface area contributed by atoms with Gasteiger partial charge in [-0.05, 0) is 24.6 Å². The fourth-order valence-electron chi connectivity index (χ4n) is 2.33. The second-order valence-electron chi connectivity index (χ2n) is 4.88. The molecule has 1 atom stereocenters. The van der Waals surface area contributed by atoms with E-state index in [1.807, 2.05) is 30.3 Å². The van der Waals surface area contributed by atoms with Crippen LogP contribution in [0.1, 0.15) is 19.4 Å². The summed E-state index contributed by atoms with van der Waals surface area (Å²) in [7, 11) is 1.47. The van der Waals surface area contributed by atoms with Crippen molar-refractivity contribution in [3.8, 4) is 0 Å². The Labute approximate surface area is 122 Å². The van der Waals surface area contributed by atoms with Gasteiger partial charge in [-0.1, -0.05) is 30.3 Å². The summed E-state index contributed by atoms with van der Waals surface area (Å²) in [6.45, 7) is 3.09. The first-order chi connectivity index (χ1) is 9.90. The van der Waals surface area contributed by atoms with Crippen LogP contribution < -0.4 is 0 Å². The molecule has 2 N–H and O–H groups in total. The summed E-state index contributed by atoms with van der Waals surface area (Å²) >= 11 is 0. The number of benzene rings is 1. The molecule has 112 valence electrons. The van der Waals surface area contributed by atoms with Gasteiger partial charge in [0.1, 0.15) is 0 Å². The van der Waals surface area contributed by atoms with Crippen LogP contribution in [0.2, 0.25) is 0 Å². The van der Waals surface area contributed by atoms with E-state index in [1.54, 1.807) is 6.92 Å². The molecule has 0 radical (unpaired) electrons. The molecule has 0 saturated heterocycles. The van der Waals surface area contributed by atoms with E-state index in [2.05, 4.69) is 5.10 Å². The van der Waals surface area contributed by atoms with Crippen molar-refractivity contribution in [3.63, 3.8) is 0 Å². The topological polar surface area (TPSA) is 89.2 Å². The van der Waals surface area contributed by atoms with E-state index in [0.717, 1.165) is 10.6 Å². The zero-order valence-electron chi connectivity index (χ0n) is 12.2. The number of nitrogens with one attached hydrogen (secondary N) is 1. The Morgan fingerprint density at radius 3 is 2.57 bits per heavy atom. The number of hydrogen-bond acceptors (Lipinski definition) is 6. The van der Waals surface area contributed by atoms with Gasteiger partial charge in [-0.3, -0.25) is 14.8 Å². The molecule has 1 heterocycles. The molecule has 7 nitrogen and oxygen atoms in total. The fourth-order valence-corrected chi connectivity index (χ4v) is 2.33. The first kappa shape index (κ1) is 15.3. The van der Waals surface area contributed by atoms with E-state index >= 15 is 0 Å². The second kappa shape index (κ2) is 5.72. The molecule has 0 saturated carbocycles. The van der Waals surface area contributed by atoms with Crippen molar-refractivity contribution in [2.24, 2.45) is 5.10 Å². The minimum Gasteiger partial charge on any atom is -0.307 e. The summed E-state index contributed by atoms with van der Waals surface area (Å²) in [5.74, 6) is -0.525. The van der Waals surface area contributed by atoms with Gasteiger partial charge < -0.3 is 5.41 Å². The molecule has 0 aromatic heterocycles. The minimum absolute atomic E-state index is 0.0614. The van der Waals surface area contributed by atoms with Crippen LogP contribution in [0.4, 0.5) is 0 Å². The van der Waals surface area contributed by atoms with Gasteiger partial charge >= 0.3 is 0 Å². The predicted octanol–water partition coefficient (Wildman–Crippen LogP) is 1.44. The summed E-state index contributed by atoms with van der Waals surface area (Å²) in [6, 6.07) is 9.23. The zero-order valence-corrected chi connectivity index (χ0v) is 12.2. The van der Waals surface area contributed by atoms with E-state index in [-0.39, 0.29) is 18.0 Å². The van der Waals surface area contributed by atoms with Gasteiger partial charge in [-0.15, -0.1) is 0 Å². The van der Waals surface area contributed by atoms with Gasteiger partial charge in [-0.2, -0.15) is 5.10 Å². The molecule has 1 aromatic carbocycles. The Hall–Kier alpha value is -2.09. The maximum absolute atomic E-state index is 12.3. The molecule has 0 aliphatic carbocycles. The highest BCUT2D eigenvalue weighted by Crippen LogP contribution is 2.27. The number of amides is 1. The first-order valence-corrected chi connectivity index (χ1v) is 6.46. The van der Waals surface area contributed by atoms with Crippen LogP contribution in [0.5, 0.6) is 0 Å². The first-order valence-electron chi connectivity index (χ1n) is 6.46. The molecule has 1 aliphatic heterocycles. The Morgan fingerprint density at radius 2 is 2.10 bits per heavy atom. The number of carbonyl (C=O) groups is 1. The number of hydroxylamine groups is 2. The lowest BCUT2D eigenvalue weighted by atomic mass is 9.89. The standard InChI is InChI=1S/C14H18N4O3/c1-10(15)14(11(2)16-17(3)13(14)19)18(20)21-9-12-7-5-4-6-8-12/h4-8,15,20H,9H2,1-3H3. The largest absolute Gasteiger partial charge is 0.307 e. The van der Waals surface area contributed by atoms with Gasteiger partial charge in [0, 0.05) is 12.8 Å². The molecule has 1 aromatic rings. The molecule has 0 fully saturated rings. The highest BCUT2D eigenvalue weighted by Gasteiger charge is 2.56. The summed E-state index contributed by atoms with van der Waals surface area (Å²) in [5.41, 5.74) is -0.627. The van der Waals surface area contributed by atoms with Crippen LogP contribution in [0.25, 0.3) is 0 Å². The third-order valence-electron chi connectivity index (χ3n) is 3.45. The lowest BCUT2D eigenvalue weighted by molar-refractivity contribution is -0.363. The third kappa shape index (κ3) is 2.46. The third-order valence-corrected chi connectivity index (χ3v) is 3.45. The SMILES string of the molecule is CC(=N)C1(N(O)OCc2ccccc2)C(=O)N(C)N=C1C. The van der Waals surface area contributed by atoms with Crippen LogP contribution >= 0.6 is 0 Å². The summed E-state index contributed by atoms with van der Waals surface area (Å²) in [5, 5.41) is 23.7. The Bertz CT molecular complexity index is 587. The maximum atomic E-state index is 12.3. The number of carbonyl (C=O) groups excluding carboxylic acids is 1. The van der Waals surface area contributed by atoms with E-state index in [4.69, 9.17) is 10.2 Å². The number of likely N-dealkylation sites (N-methyl/N-ethyl adjacent to an activating group) is 1. The van der Waals surface area contributed by atoms with Crippen molar-refractivity contribution in [2.45, 2.75) is 26.0 Å². The molecular weight excluding hydrogens is 272 g/mol. The average Bonchev–Trinajstić information content (AvgIpc) is 2.68. The normalized spacial score (nSPS) is 21.9. The number of nitrogens with zero attached hydrogens (tertiary/aromatic N) is 3. The van der Waals surface area contributed by atoms with Gasteiger partial charge in [-0.25, -0.2) is 5.01 Å². The Balaban J connectivity index is 2.22. The molecule has 2 rings (SSSR count). The van der Waals surface area contributed by atoms with Gasteiger partial charge in [0.2, 0.25) is 5.54 Å². The predicted molar refractivity (Wildman–Crippen MR) is 76.9 cm³/mol. The van der Waals surface area contributed by atoms with Gasteiger partial charge in [0.15, 0.2) is 0 Å². The van der Waals surface area contributed by atoms with E-state index in [9.17, 15) is 10.0 Å². The van der Waals surface area contributed by atoms with Crippen molar-refractivity contribution < 1.29 is 14.8 Å². The lowest BCUT2D eigenvalue weighted by Gasteiger charge is -2.32. The van der Waals surface area contributed by atoms with Crippen LogP contribution in [0, 0.1) is 5.41 Å². The molecular formula is C14H18N4O3. The summed E-state index contributed by atoms with van der Waals surface area (Å²) in [6.07, 6.45) is 0. The lowest BCUT2D eigenvalue weighted by Crippen LogP contribution is -2.61. The summed E-state index contributed by atoms with van der Waals surface area (Å²) in [4.78, 5) is 17.6. The number of rotatable bonds is 5. The van der Waals surface area contributed by atoms with Crippen molar-refractivity contribution in [1.82, 2.24) is 10.2 Å². The number of hydrazone groups is 1. The van der Waals surface area contributed by atoms with Gasteiger partial charge in [0.05, 0.1) is 12.3 Å². The van der Waals surface area contributed by atoms with Crippen molar-refractivity contribution in [3.05, 3.63) is 35.9 Å². The van der Waals surface area contributed by atoms with Crippen LogP contribution in [0.3, 0.4) is 0 Å². The van der Waals surface area contributed by atoms with Crippen molar-refractivity contribution in [2.75, 3.05) is 7.05 Å². The van der Waals surface area contributed by atoms with Crippen LogP contribution in [0.15, 0.2) is 35.4 Å². The smallest absolute Gasteiger partial charge is 0.279 e. The van der Waals surface area contributed by atoms with Crippen molar-refractivity contribution in [1.29, 1.82) is 5.41 Å². The highest BCUT2D eigenvalue weighted by atomic mass is 16.9. The fraction of sp³-hybridized carbons (Fsp3) is 0.357. The molecule has 7 heteroatoms. The Kier molecular flexibility index (Phi) is 4.17. The molecule has 0 spiro atoms. The summed E-state index contributed by atoms with van der Waals surface area (Å²) < 4.78 is 0. The minimum atomic E-state index is -1.69. The van der Waals surface area contributed by atoms with E-state index in [1.165, 1.54) is 14.0 Å². The zero-order chi connectivity index (χ0) is 15.6. The molecule has 1 amide bonds. The maximum Gasteiger partial charge on any atom is 0.279 e. The van der Waals surface area contributed by atoms with Crippen LogP contribution in [-0.4, -0.2) is 45.4 Å². The molecule has 21 heavy (non-hydrogen) atoms. The second-order valence-corrected chi connectivity index (χ2v) is 4.88. The van der Waals surface area contributed by atoms with Gasteiger partial charge in [0.25, 0.3) is 5.91 Å². The average molecular weight is 290 g/mol. The number of hydrogen-bond donors (Lipinski definition) is 2. The monoisotopic (exact) mass is 290 g/mol. The highest BCUT2D eigenvalue weighted by molar-refractivity contribution is 6.31. The Morgan fingerprint density at radius 1 is 1.48 bits per heavy atom. The van der Waals surface area contributed by atoms with Crippen LogP contribution in [-0.2, 0) is 16.2 Å². The van der Waals surface area contributed by atoms with E-state index < -0.39 is 11.4 Å². The van der Waals surface area contributed by atoms with E-state index in [0.29, 0.717) is 5.23 Å². The quantitative estimate of drug-likeness (QED) is 0.634. The van der Waals surface area contributed by atoms with Crippen molar-refractivity contribution >= 4 is 17.3 Å².